The summed E-state index contributed by atoms with van der Waals surface area (Å²) >= 11 is 0. The van der Waals surface area contributed by atoms with Crippen molar-refractivity contribution in [3.05, 3.63) is 85.5 Å². The van der Waals surface area contributed by atoms with Crippen LogP contribution in [-0.4, -0.2) is 40.2 Å². The zero-order chi connectivity index (χ0) is 24.7. The highest BCUT2D eigenvalue weighted by atomic mass is 16.5. The maximum absolute atomic E-state index is 12.1. The maximum atomic E-state index is 12.1. The minimum Gasteiger partial charge on any atom is -0.487 e. The molecule has 9 heteroatoms. The molecular weight excluding hydrogens is 458 g/mol. The monoisotopic (exact) mass is 483 g/mol. The highest BCUT2D eigenvalue weighted by Gasteiger charge is 2.20. The van der Waals surface area contributed by atoms with E-state index >= 15 is 0 Å². The molecule has 0 radical (unpaired) electrons. The molecule has 3 heterocycles. The first-order valence-corrected chi connectivity index (χ1v) is 11.5. The van der Waals surface area contributed by atoms with Crippen molar-refractivity contribution in [2.45, 2.75) is 19.1 Å². The number of anilines is 3. The predicted octanol–water partition coefficient (Wildman–Crippen LogP) is 4.64. The Hall–Kier alpha value is -4.50. The van der Waals surface area contributed by atoms with Crippen LogP contribution in [0.1, 0.15) is 12.1 Å². The quantitative estimate of drug-likeness (QED) is 0.332. The summed E-state index contributed by atoms with van der Waals surface area (Å²) in [6.45, 7) is 5.08. The van der Waals surface area contributed by atoms with Crippen LogP contribution in [0.4, 0.5) is 17.2 Å². The number of nitrogens with one attached hydrogen (secondary N) is 2. The Labute approximate surface area is 208 Å². The van der Waals surface area contributed by atoms with Gasteiger partial charge in [0.15, 0.2) is 0 Å². The predicted molar refractivity (Wildman–Crippen MR) is 137 cm³/mol. The second kappa shape index (κ2) is 10.8. The minimum atomic E-state index is -0.338. The van der Waals surface area contributed by atoms with Crippen molar-refractivity contribution in [2.24, 2.45) is 0 Å². The van der Waals surface area contributed by atoms with Gasteiger partial charge in [0, 0.05) is 29.8 Å². The first kappa shape index (κ1) is 23.3. The Kier molecular flexibility index (Phi) is 7.00. The van der Waals surface area contributed by atoms with Gasteiger partial charge in [-0.15, -0.1) is 0 Å². The van der Waals surface area contributed by atoms with Gasteiger partial charge in [0.25, 0.3) is 0 Å². The van der Waals surface area contributed by atoms with Gasteiger partial charge in [-0.05, 0) is 48.5 Å². The number of carbonyl (C=O) groups is 1. The first-order valence-electron chi connectivity index (χ1n) is 11.5. The fourth-order valence-electron chi connectivity index (χ4n) is 3.76. The van der Waals surface area contributed by atoms with Crippen LogP contribution in [0.15, 0.2) is 79.8 Å². The number of pyridine rings is 1. The summed E-state index contributed by atoms with van der Waals surface area (Å²) in [4.78, 5) is 25.2. The van der Waals surface area contributed by atoms with E-state index in [9.17, 15) is 4.79 Å². The molecule has 2 N–H and O–H groups in total. The average molecular weight is 484 g/mol. The number of benzene rings is 2. The third-order valence-electron chi connectivity index (χ3n) is 5.59. The second-order valence-corrected chi connectivity index (χ2v) is 8.14. The number of amides is 1. The van der Waals surface area contributed by atoms with E-state index in [4.69, 9.17) is 14.2 Å². The van der Waals surface area contributed by atoms with E-state index in [0.29, 0.717) is 42.6 Å². The molecule has 2 aromatic heterocycles. The largest absolute Gasteiger partial charge is 0.487 e. The molecule has 1 amide bonds. The summed E-state index contributed by atoms with van der Waals surface area (Å²) in [6.07, 6.45) is 5.14. The van der Waals surface area contributed by atoms with Crippen LogP contribution in [0.5, 0.6) is 11.5 Å². The smallest absolute Gasteiger partial charge is 0.247 e. The van der Waals surface area contributed by atoms with Crippen molar-refractivity contribution in [2.75, 3.05) is 23.8 Å². The van der Waals surface area contributed by atoms with Crippen molar-refractivity contribution >= 4 is 34.0 Å². The van der Waals surface area contributed by atoms with Crippen LogP contribution in [0.2, 0.25) is 0 Å². The van der Waals surface area contributed by atoms with Crippen molar-refractivity contribution in [3.63, 3.8) is 0 Å². The number of hydrogen-bond acceptors (Lipinski definition) is 8. The fraction of sp³-hybridized carbons (Fsp3) is 0.185. The molecule has 0 aliphatic carbocycles. The van der Waals surface area contributed by atoms with E-state index in [1.54, 1.807) is 18.3 Å². The number of fused-ring (bicyclic) bond motifs is 1. The van der Waals surface area contributed by atoms with Gasteiger partial charge in [-0.3, -0.25) is 9.78 Å². The zero-order valence-electron chi connectivity index (χ0n) is 19.5. The van der Waals surface area contributed by atoms with Crippen molar-refractivity contribution in [1.29, 1.82) is 0 Å². The number of aromatic nitrogens is 3. The molecule has 0 unspecified atom stereocenters. The van der Waals surface area contributed by atoms with Gasteiger partial charge < -0.3 is 24.8 Å². The Morgan fingerprint density at radius 3 is 2.78 bits per heavy atom. The van der Waals surface area contributed by atoms with E-state index in [2.05, 4.69) is 32.2 Å². The molecule has 0 saturated carbocycles. The van der Waals surface area contributed by atoms with E-state index in [-0.39, 0.29) is 12.0 Å². The average Bonchev–Trinajstić information content (AvgIpc) is 3.42. The summed E-state index contributed by atoms with van der Waals surface area (Å²) in [6, 6.07) is 16.9. The maximum Gasteiger partial charge on any atom is 0.247 e. The van der Waals surface area contributed by atoms with Gasteiger partial charge in [-0.1, -0.05) is 12.6 Å². The Bertz CT molecular complexity index is 1360. The molecular formula is C27H25N5O4. The molecule has 36 heavy (non-hydrogen) atoms. The molecule has 5 rings (SSSR count). The Morgan fingerprint density at radius 1 is 1.14 bits per heavy atom. The first-order chi connectivity index (χ1) is 17.7. The summed E-state index contributed by atoms with van der Waals surface area (Å²) in [5.74, 6) is 1.50. The lowest BCUT2D eigenvalue weighted by Gasteiger charge is -2.17. The number of carbonyl (C=O) groups excluding carboxylic acids is 1. The van der Waals surface area contributed by atoms with Gasteiger partial charge in [0.2, 0.25) is 5.91 Å². The van der Waals surface area contributed by atoms with Crippen LogP contribution in [-0.2, 0) is 16.1 Å². The summed E-state index contributed by atoms with van der Waals surface area (Å²) < 4.78 is 17.3. The third kappa shape index (κ3) is 5.59. The van der Waals surface area contributed by atoms with Gasteiger partial charge in [-0.2, -0.15) is 0 Å². The molecule has 0 bridgehead atoms. The lowest BCUT2D eigenvalue weighted by molar-refractivity contribution is -0.111. The molecule has 1 aliphatic rings. The lowest BCUT2D eigenvalue weighted by Crippen LogP contribution is -2.18. The standard InChI is InChI=1S/C27H25N5O4/c1-2-26(33)32-24-13-22-23(14-25(24)36-21-10-12-34-16-21)29-17-30-27(22)31-18-6-8-20(9-7-18)35-15-19-5-3-4-11-28-19/h2-9,11,13-14,17,21H,1,10,12,15-16H2,(H,32,33)(H,29,30,31)/t21-/m0/s1. The molecule has 1 atom stereocenters. The van der Waals surface area contributed by atoms with Gasteiger partial charge in [0.05, 0.1) is 30.1 Å². The summed E-state index contributed by atoms with van der Waals surface area (Å²) in [7, 11) is 0. The van der Waals surface area contributed by atoms with E-state index < -0.39 is 0 Å². The van der Waals surface area contributed by atoms with Crippen LogP contribution in [0.3, 0.4) is 0 Å². The van der Waals surface area contributed by atoms with E-state index in [0.717, 1.165) is 28.9 Å². The van der Waals surface area contributed by atoms with Crippen molar-refractivity contribution in [1.82, 2.24) is 15.0 Å². The molecule has 9 nitrogen and oxygen atoms in total. The van der Waals surface area contributed by atoms with Gasteiger partial charge >= 0.3 is 0 Å². The van der Waals surface area contributed by atoms with Crippen LogP contribution < -0.4 is 20.1 Å². The Morgan fingerprint density at radius 2 is 2.03 bits per heavy atom. The third-order valence-corrected chi connectivity index (χ3v) is 5.59. The highest BCUT2D eigenvalue weighted by molar-refractivity contribution is 6.03. The molecule has 0 spiro atoms. The van der Waals surface area contributed by atoms with Crippen molar-refractivity contribution in [3.8, 4) is 11.5 Å². The fourth-order valence-corrected chi connectivity index (χ4v) is 3.76. The number of nitrogens with zero attached hydrogens (tertiary/aromatic N) is 3. The molecule has 182 valence electrons. The van der Waals surface area contributed by atoms with Crippen molar-refractivity contribution < 1.29 is 19.0 Å². The summed E-state index contributed by atoms with van der Waals surface area (Å²) in [5.41, 5.74) is 2.86. The highest BCUT2D eigenvalue weighted by Crippen LogP contribution is 2.34. The van der Waals surface area contributed by atoms with Crippen LogP contribution in [0, 0.1) is 0 Å². The normalized spacial score (nSPS) is 14.8. The van der Waals surface area contributed by atoms with Crippen LogP contribution >= 0.6 is 0 Å². The van der Waals surface area contributed by atoms with E-state index in [1.165, 1.54) is 12.4 Å². The molecule has 1 saturated heterocycles. The number of hydrogen-bond donors (Lipinski definition) is 2. The van der Waals surface area contributed by atoms with Gasteiger partial charge in [0.1, 0.15) is 36.4 Å². The second-order valence-electron chi connectivity index (χ2n) is 8.14. The molecule has 1 aliphatic heterocycles. The lowest BCUT2D eigenvalue weighted by atomic mass is 10.1. The number of ether oxygens (including phenoxy) is 3. The Balaban J connectivity index is 1.37. The molecule has 1 fully saturated rings. The van der Waals surface area contributed by atoms with Crippen LogP contribution in [0.25, 0.3) is 10.9 Å². The summed E-state index contributed by atoms with van der Waals surface area (Å²) in [5, 5.41) is 6.87. The topological polar surface area (TPSA) is 107 Å². The minimum absolute atomic E-state index is 0.0836. The SMILES string of the molecule is C=CC(=O)Nc1cc2c(Nc3ccc(OCc4ccccn4)cc3)ncnc2cc1O[C@H]1CCOC1. The number of rotatable bonds is 9. The van der Waals surface area contributed by atoms with Gasteiger partial charge in [-0.25, -0.2) is 9.97 Å². The zero-order valence-corrected chi connectivity index (χ0v) is 19.5. The van der Waals surface area contributed by atoms with E-state index in [1.807, 2.05) is 42.5 Å². The molecule has 2 aromatic carbocycles. The molecule has 4 aromatic rings.